The lowest BCUT2D eigenvalue weighted by Crippen LogP contribution is -2.35. The van der Waals surface area contributed by atoms with Crippen molar-refractivity contribution in [2.45, 2.75) is 23.4 Å². The average molecular weight is 389 g/mol. The summed E-state index contributed by atoms with van der Waals surface area (Å²) in [5.74, 6) is 0.443. The van der Waals surface area contributed by atoms with Crippen molar-refractivity contribution in [2.75, 3.05) is 0 Å². The number of hydrogen-bond donors (Lipinski definition) is 1. The van der Waals surface area contributed by atoms with E-state index in [9.17, 15) is 4.79 Å². The first-order chi connectivity index (χ1) is 13.7. The number of carbonyl (C=O) groups excluding carboxylic acids is 1. The van der Waals surface area contributed by atoms with Gasteiger partial charge in [0.2, 0.25) is 11.1 Å². The van der Waals surface area contributed by atoms with Crippen LogP contribution in [0.1, 0.15) is 24.1 Å². The number of nitrogens with zero attached hydrogens (tertiary/aromatic N) is 4. The normalized spacial score (nSPS) is 12.2. The first-order valence-electron chi connectivity index (χ1n) is 8.95. The van der Waals surface area contributed by atoms with E-state index in [0.717, 1.165) is 11.1 Å². The van der Waals surface area contributed by atoms with Gasteiger partial charge in [-0.05, 0) is 24.1 Å². The van der Waals surface area contributed by atoms with Crippen LogP contribution in [-0.4, -0.2) is 30.7 Å². The van der Waals surface area contributed by atoms with Gasteiger partial charge in [0.05, 0.1) is 11.3 Å². The molecule has 1 amide bonds. The number of carbonyl (C=O) groups is 1. The van der Waals surface area contributed by atoms with Crippen LogP contribution in [0.3, 0.4) is 0 Å². The van der Waals surface area contributed by atoms with Crippen LogP contribution in [0.4, 0.5) is 0 Å². The summed E-state index contributed by atoms with van der Waals surface area (Å²) in [5, 5.41) is 7.69. The molecule has 0 spiro atoms. The minimum Gasteiger partial charge on any atom is -0.344 e. The highest BCUT2D eigenvalue weighted by Crippen LogP contribution is 2.25. The van der Waals surface area contributed by atoms with E-state index in [1.807, 2.05) is 67.6 Å². The molecule has 0 radical (unpaired) electrons. The zero-order valence-corrected chi connectivity index (χ0v) is 16.1. The van der Waals surface area contributed by atoms with Gasteiger partial charge in [-0.3, -0.25) is 4.79 Å². The molecule has 0 fully saturated rings. The molecule has 1 N–H and O–H groups in total. The highest BCUT2D eigenvalue weighted by atomic mass is 32.2. The van der Waals surface area contributed by atoms with Gasteiger partial charge in [0.25, 0.3) is 5.78 Å². The quantitative estimate of drug-likeness (QED) is 0.511. The second-order valence-electron chi connectivity index (χ2n) is 6.28. The summed E-state index contributed by atoms with van der Waals surface area (Å²) in [6.07, 6.45) is 3.45. The molecule has 0 aliphatic heterocycles. The van der Waals surface area contributed by atoms with Gasteiger partial charge in [0.1, 0.15) is 0 Å². The molecule has 1 atom stereocenters. The molecule has 2 aromatic carbocycles. The van der Waals surface area contributed by atoms with E-state index in [0.29, 0.717) is 10.9 Å². The van der Waals surface area contributed by atoms with E-state index in [1.54, 1.807) is 23.0 Å². The molecule has 6 nitrogen and oxygen atoms in total. The van der Waals surface area contributed by atoms with Gasteiger partial charge in [-0.2, -0.15) is 4.98 Å². The van der Waals surface area contributed by atoms with Gasteiger partial charge in [-0.15, -0.1) is 5.10 Å². The summed E-state index contributed by atoms with van der Waals surface area (Å²) in [6.45, 7) is 1.85. The number of aromatic nitrogens is 4. The third-order valence-electron chi connectivity index (χ3n) is 4.30. The number of hydrogen-bond acceptors (Lipinski definition) is 5. The van der Waals surface area contributed by atoms with Gasteiger partial charge >= 0.3 is 0 Å². The number of thioether (sulfide) groups is 1. The predicted octanol–water partition coefficient (Wildman–Crippen LogP) is 3.51. The SMILES string of the molecule is C[C@@H](Sc1nc2ncccn2n1)C(=O)NC(c1ccccc1)c1ccccc1. The van der Waals surface area contributed by atoms with Crippen LogP contribution in [0.25, 0.3) is 5.78 Å². The third-order valence-corrected chi connectivity index (χ3v) is 5.25. The van der Waals surface area contributed by atoms with E-state index < -0.39 is 0 Å². The van der Waals surface area contributed by atoms with Gasteiger partial charge in [-0.1, -0.05) is 72.4 Å². The molecule has 0 saturated heterocycles. The number of amides is 1. The molecule has 7 heteroatoms. The Labute approximate surface area is 167 Å². The van der Waals surface area contributed by atoms with Crippen molar-refractivity contribution >= 4 is 23.4 Å². The van der Waals surface area contributed by atoms with Crippen molar-refractivity contribution in [2.24, 2.45) is 0 Å². The molecule has 2 aromatic heterocycles. The molecule has 0 bridgehead atoms. The van der Waals surface area contributed by atoms with Crippen molar-refractivity contribution in [1.29, 1.82) is 0 Å². The minimum atomic E-state index is -0.354. The van der Waals surface area contributed by atoms with Crippen LogP contribution in [0.2, 0.25) is 0 Å². The second-order valence-corrected chi connectivity index (χ2v) is 7.59. The number of nitrogens with one attached hydrogen (secondary N) is 1. The molecule has 2 heterocycles. The van der Waals surface area contributed by atoms with Crippen LogP contribution < -0.4 is 5.32 Å². The highest BCUT2D eigenvalue weighted by Gasteiger charge is 2.22. The molecular weight excluding hydrogens is 370 g/mol. The molecular formula is C21H19N5OS. The summed E-state index contributed by atoms with van der Waals surface area (Å²) in [4.78, 5) is 21.4. The fraction of sp³-hybridized carbons (Fsp3) is 0.143. The lowest BCUT2D eigenvalue weighted by Gasteiger charge is -2.21. The summed E-state index contributed by atoms with van der Waals surface area (Å²) in [5.41, 5.74) is 2.07. The lowest BCUT2D eigenvalue weighted by atomic mass is 9.98. The van der Waals surface area contributed by atoms with Crippen LogP contribution in [0.15, 0.2) is 84.3 Å². The van der Waals surface area contributed by atoms with E-state index in [1.165, 1.54) is 11.8 Å². The summed E-state index contributed by atoms with van der Waals surface area (Å²) >= 11 is 1.31. The fourth-order valence-corrected chi connectivity index (χ4v) is 3.65. The van der Waals surface area contributed by atoms with E-state index in [2.05, 4.69) is 20.4 Å². The van der Waals surface area contributed by atoms with Crippen molar-refractivity contribution < 1.29 is 4.79 Å². The molecule has 4 aromatic rings. The van der Waals surface area contributed by atoms with Crippen LogP contribution >= 0.6 is 11.8 Å². The fourth-order valence-electron chi connectivity index (χ4n) is 2.89. The van der Waals surface area contributed by atoms with Gasteiger partial charge < -0.3 is 5.32 Å². The average Bonchev–Trinajstić information content (AvgIpc) is 3.15. The van der Waals surface area contributed by atoms with Crippen molar-refractivity contribution in [3.8, 4) is 0 Å². The van der Waals surface area contributed by atoms with Crippen LogP contribution in [0, 0.1) is 0 Å². The Bertz CT molecular complexity index is 995. The molecule has 0 aliphatic carbocycles. The zero-order chi connectivity index (χ0) is 19.3. The third kappa shape index (κ3) is 4.04. The molecule has 0 unspecified atom stereocenters. The molecule has 28 heavy (non-hydrogen) atoms. The Hall–Kier alpha value is -3.19. The first-order valence-corrected chi connectivity index (χ1v) is 9.83. The smallest absolute Gasteiger partial charge is 0.253 e. The Balaban J connectivity index is 1.52. The van der Waals surface area contributed by atoms with Crippen LogP contribution in [0.5, 0.6) is 0 Å². The zero-order valence-electron chi connectivity index (χ0n) is 15.3. The van der Waals surface area contributed by atoms with Crippen molar-refractivity contribution in [1.82, 2.24) is 24.9 Å². The molecule has 0 saturated carbocycles. The Morgan fingerprint density at radius 2 is 1.64 bits per heavy atom. The Morgan fingerprint density at radius 1 is 1.00 bits per heavy atom. The highest BCUT2D eigenvalue weighted by molar-refractivity contribution is 8.00. The largest absolute Gasteiger partial charge is 0.344 e. The van der Waals surface area contributed by atoms with Crippen LogP contribution in [-0.2, 0) is 4.79 Å². The van der Waals surface area contributed by atoms with Crippen molar-refractivity contribution in [3.63, 3.8) is 0 Å². The molecule has 0 aliphatic rings. The summed E-state index contributed by atoms with van der Waals surface area (Å²) in [7, 11) is 0. The molecule has 4 rings (SSSR count). The Morgan fingerprint density at radius 3 is 2.25 bits per heavy atom. The summed E-state index contributed by atoms with van der Waals surface area (Å²) < 4.78 is 1.60. The van der Waals surface area contributed by atoms with E-state index >= 15 is 0 Å². The van der Waals surface area contributed by atoms with Gasteiger partial charge in [0.15, 0.2) is 0 Å². The number of fused-ring (bicyclic) bond motifs is 1. The molecule has 140 valence electrons. The monoisotopic (exact) mass is 389 g/mol. The number of benzene rings is 2. The maximum Gasteiger partial charge on any atom is 0.253 e. The maximum atomic E-state index is 12.9. The minimum absolute atomic E-state index is 0.0745. The van der Waals surface area contributed by atoms with E-state index in [-0.39, 0.29) is 17.2 Å². The first kappa shape index (κ1) is 18.2. The predicted molar refractivity (Wildman–Crippen MR) is 109 cm³/mol. The number of rotatable bonds is 6. The Kier molecular flexibility index (Phi) is 5.34. The summed E-state index contributed by atoms with van der Waals surface area (Å²) in [6, 6.07) is 21.5. The topological polar surface area (TPSA) is 72.2 Å². The van der Waals surface area contributed by atoms with Crippen molar-refractivity contribution in [3.05, 3.63) is 90.3 Å². The standard InChI is InChI=1S/C21H19N5OS/c1-15(28-21-24-20-22-13-8-14-26(20)25-21)19(27)23-18(16-9-4-2-5-10-16)17-11-6-3-7-12-17/h2-15,18H,1H3,(H,23,27)/t15-/m1/s1. The van der Waals surface area contributed by atoms with Gasteiger partial charge in [0, 0.05) is 12.4 Å². The second kappa shape index (κ2) is 8.22. The maximum absolute atomic E-state index is 12.9. The van der Waals surface area contributed by atoms with E-state index in [4.69, 9.17) is 0 Å². The van der Waals surface area contributed by atoms with Gasteiger partial charge in [-0.25, -0.2) is 9.50 Å². The lowest BCUT2D eigenvalue weighted by molar-refractivity contribution is -0.120.